The van der Waals surface area contributed by atoms with E-state index in [9.17, 15) is 0 Å². The summed E-state index contributed by atoms with van der Waals surface area (Å²) in [6.45, 7) is 8.73. The summed E-state index contributed by atoms with van der Waals surface area (Å²) < 4.78 is 0. The average Bonchev–Trinajstić information content (AvgIpc) is 2.77. The van der Waals surface area contributed by atoms with Gasteiger partial charge in [0.2, 0.25) is 0 Å². The highest BCUT2D eigenvalue weighted by Gasteiger charge is 2.23. The maximum atomic E-state index is 4.35. The first-order valence-electron chi connectivity index (χ1n) is 8.17. The molecule has 2 heterocycles. The van der Waals surface area contributed by atoms with E-state index in [0.717, 1.165) is 26.2 Å². The molecule has 1 aromatic carbocycles. The summed E-state index contributed by atoms with van der Waals surface area (Å²) in [5.41, 5.74) is 5.33. The molecule has 22 heavy (non-hydrogen) atoms. The smallest absolute Gasteiger partial charge is 0.0617 e. The van der Waals surface area contributed by atoms with Gasteiger partial charge in [-0.3, -0.25) is 9.88 Å². The third kappa shape index (κ3) is 3.54. The molecular weight excluding hydrogens is 270 g/mol. The molecule has 3 rings (SSSR count). The minimum absolute atomic E-state index is 0.298. The molecule has 1 aliphatic heterocycles. The molecule has 1 unspecified atom stereocenters. The molecule has 1 N–H and O–H groups in total. The van der Waals surface area contributed by atoms with Crippen LogP contribution in [0.3, 0.4) is 0 Å². The molecule has 2 aromatic rings. The van der Waals surface area contributed by atoms with Crippen LogP contribution in [0.5, 0.6) is 0 Å². The van der Waals surface area contributed by atoms with Crippen LogP contribution in [0, 0.1) is 13.8 Å². The lowest BCUT2D eigenvalue weighted by molar-refractivity contribution is 0.240. The van der Waals surface area contributed by atoms with Crippen LogP contribution in [0.15, 0.2) is 42.7 Å². The molecule has 3 heteroatoms. The lowest BCUT2D eigenvalue weighted by atomic mass is 9.95. The monoisotopic (exact) mass is 295 g/mol. The summed E-state index contributed by atoms with van der Waals surface area (Å²) in [6.07, 6.45) is 5.06. The predicted molar refractivity (Wildman–Crippen MR) is 91.1 cm³/mol. The number of rotatable bonds is 3. The minimum atomic E-state index is 0.298. The van der Waals surface area contributed by atoms with E-state index in [2.05, 4.69) is 53.3 Å². The van der Waals surface area contributed by atoms with E-state index in [4.69, 9.17) is 0 Å². The summed E-state index contributed by atoms with van der Waals surface area (Å²) in [5, 5.41) is 3.50. The van der Waals surface area contributed by atoms with Gasteiger partial charge in [-0.25, -0.2) is 0 Å². The van der Waals surface area contributed by atoms with Gasteiger partial charge < -0.3 is 5.32 Å². The highest BCUT2D eigenvalue weighted by molar-refractivity contribution is 5.36. The van der Waals surface area contributed by atoms with Crippen molar-refractivity contribution in [2.24, 2.45) is 0 Å². The van der Waals surface area contributed by atoms with Crippen LogP contribution in [0.25, 0.3) is 0 Å². The first-order chi connectivity index (χ1) is 10.7. The largest absolute Gasteiger partial charge is 0.315 e. The third-order valence-corrected chi connectivity index (χ3v) is 4.30. The molecule has 0 radical (unpaired) electrons. The van der Waals surface area contributed by atoms with Crippen LogP contribution in [0.4, 0.5) is 0 Å². The molecule has 116 valence electrons. The number of hydrogen-bond donors (Lipinski definition) is 1. The van der Waals surface area contributed by atoms with Gasteiger partial charge in [-0.1, -0.05) is 35.4 Å². The molecule has 1 aromatic heterocycles. The Balaban J connectivity index is 2.01. The van der Waals surface area contributed by atoms with Crippen LogP contribution in [-0.4, -0.2) is 36.1 Å². The Labute approximate surface area is 133 Å². The topological polar surface area (TPSA) is 28.2 Å². The second kappa shape index (κ2) is 7.03. The van der Waals surface area contributed by atoms with Crippen molar-refractivity contribution in [3.63, 3.8) is 0 Å². The zero-order chi connectivity index (χ0) is 15.4. The molecule has 0 spiro atoms. The Hall–Kier alpha value is -1.71. The summed E-state index contributed by atoms with van der Waals surface area (Å²) >= 11 is 0. The molecule has 3 nitrogen and oxygen atoms in total. The van der Waals surface area contributed by atoms with Gasteiger partial charge in [0.1, 0.15) is 0 Å². The van der Waals surface area contributed by atoms with Gasteiger partial charge in [0.25, 0.3) is 0 Å². The number of hydrogen-bond acceptors (Lipinski definition) is 3. The van der Waals surface area contributed by atoms with E-state index in [0.29, 0.717) is 6.04 Å². The van der Waals surface area contributed by atoms with E-state index in [1.807, 2.05) is 18.5 Å². The molecule has 1 saturated heterocycles. The van der Waals surface area contributed by atoms with Gasteiger partial charge in [-0.15, -0.1) is 0 Å². The minimum Gasteiger partial charge on any atom is -0.315 e. The first-order valence-corrected chi connectivity index (χ1v) is 8.17. The normalized spacial score (nSPS) is 17.9. The summed E-state index contributed by atoms with van der Waals surface area (Å²) in [6, 6.07) is 11.4. The first kappa shape index (κ1) is 15.2. The lowest BCUT2D eigenvalue weighted by Gasteiger charge is -2.31. The standard InChI is InChI=1S/C19H25N3/c1-15-11-16(2)13-18(12-15)19(17-5-3-6-21-14-17)22-9-4-7-20-8-10-22/h3,5-6,11-14,19-20H,4,7-10H2,1-2H3. The zero-order valence-corrected chi connectivity index (χ0v) is 13.5. The fourth-order valence-corrected chi connectivity index (χ4v) is 3.44. The molecule has 0 bridgehead atoms. The second-order valence-electron chi connectivity index (χ2n) is 6.25. The Morgan fingerprint density at radius 2 is 1.86 bits per heavy atom. The van der Waals surface area contributed by atoms with E-state index in [-0.39, 0.29) is 0 Å². The molecule has 0 saturated carbocycles. The van der Waals surface area contributed by atoms with Crippen LogP contribution in [0.1, 0.15) is 34.7 Å². The maximum Gasteiger partial charge on any atom is 0.0617 e. The van der Waals surface area contributed by atoms with Gasteiger partial charge in [-0.05, 0) is 44.0 Å². The fraction of sp³-hybridized carbons (Fsp3) is 0.421. The van der Waals surface area contributed by atoms with Crippen molar-refractivity contribution < 1.29 is 0 Å². The Morgan fingerprint density at radius 3 is 2.59 bits per heavy atom. The number of aromatic nitrogens is 1. The number of benzene rings is 1. The highest BCUT2D eigenvalue weighted by Crippen LogP contribution is 2.30. The third-order valence-electron chi connectivity index (χ3n) is 4.30. The summed E-state index contributed by atoms with van der Waals surface area (Å²) in [5.74, 6) is 0. The lowest BCUT2D eigenvalue weighted by Crippen LogP contribution is -2.33. The van der Waals surface area contributed by atoms with Crippen LogP contribution in [0.2, 0.25) is 0 Å². The second-order valence-corrected chi connectivity index (χ2v) is 6.25. The Kier molecular flexibility index (Phi) is 4.86. The molecule has 0 amide bonds. The van der Waals surface area contributed by atoms with Crippen molar-refractivity contribution in [3.05, 3.63) is 65.0 Å². The van der Waals surface area contributed by atoms with Crippen LogP contribution in [-0.2, 0) is 0 Å². The summed E-state index contributed by atoms with van der Waals surface area (Å²) in [7, 11) is 0. The van der Waals surface area contributed by atoms with Gasteiger partial charge in [-0.2, -0.15) is 0 Å². The number of nitrogens with one attached hydrogen (secondary N) is 1. The molecule has 0 aliphatic carbocycles. The van der Waals surface area contributed by atoms with Crippen molar-refractivity contribution >= 4 is 0 Å². The van der Waals surface area contributed by atoms with Gasteiger partial charge in [0.05, 0.1) is 6.04 Å². The van der Waals surface area contributed by atoms with Crippen LogP contribution >= 0.6 is 0 Å². The van der Waals surface area contributed by atoms with Crippen LogP contribution < -0.4 is 5.32 Å². The van der Waals surface area contributed by atoms with Gasteiger partial charge >= 0.3 is 0 Å². The molecule has 1 atom stereocenters. The average molecular weight is 295 g/mol. The summed E-state index contributed by atoms with van der Waals surface area (Å²) in [4.78, 5) is 6.94. The van der Waals surface area contributed by atoms with Gasteiger partial charge in [0, 0.05) is 32.0 Å². The van der Waals surface area contributed by atoms with Crippen molar-refractivity contribution in [2.75, 3.05) is 26.2 Å². The predicted octanol–water partition coefficient (Wildman–Crippen LogP) is 3.08. The van der Waals surface area contributed by atoms with Gasteiger partial charge in [0.15, 0.2) is 0 Å². The number of aryl methyl sites for hydroxylation is 2. The van der Waals surface area contributed by atoms with E-state index < -0.39 is 0 Å². The SMILES string of the molecule is Cc1cc(C)cc(C(c2cccnc2)N2CCCNCC2)c1. The molecular formula is C19H25N3. The number of nitrogens with zero attached hydrogens (tertiary/aromatic N) is 2. The fourth-order valence-electron chi connectivity index (χ4n) is 3.44. The van der Waals surface area contributed by atoms with Crippen molar-refractivity contribution in [1.82, 2.24) is 15.2 Å². The maximum absolute atomic E-state index is 4.35. The quantitative estimate of drug-likeness (QED) is 0.943. The van der Waals surface area contributed by atoms with Crippen molar-refractivity contribution in [2.45, 2.75) is 26.3 Å². The van der Waals surface area contributed by atoms with E-state index >= 15 is 0 Å². The van der Waals surface area contributed by atoms with Crippen molar-refractivity contribution in [3.8, 4) is 0 Å². The molecule has 1 aliphatic rings. The molecule has 1 fully saturated rings. The zero-order valence-electron chi connectivity index (χ0n) is 13.5. The van der Waals surface area contributed by atoms with E-state index in [1.165, 1.54) is 28.7 Å². The van der Waals surface area contributed by atoms with E-state index in [1.54, 1.807) is 0 Å². The highest BCUT2D eigenvalue weighted by atomic mass is 15.2. The Morgan fingerprint density at radius 1 is 1.05 bits per heavy atom. The number of pyridine rings is 1. The van der Waals surface area contributed by atoms with Crippen molar-refractivity contribution in [1.29, 1.82) is 0 Å². The Bertz CT molecular complexity index is 581.